The Kier molecular flexibility index (Phi) is 3.68. The summed E-state index contributed by atoms with van der Waals surface area (Å²) in [5, 5.41) is 12.3. The number of aliphatic hydroxyl groups is 1. The third-order valence-corrected chi connectivity index (χ3v) is 5.03. The quantitative estimate of drug-likeness (QED) is 0.775. The van der Waals surface area contributed by atoms with E-state index in [1.165, 1.54) is 5.56 Å². The number of aromatic nitrogens is 1. The van der Waals surface area contributed by atoms with Crippen LogP contribution in [-0.2, 0) is 12.1 Å². The van der Waals surface area contributed by atoms with Gasteiger partial charge in [0.15, 0.2) is 0 Å². The molecule has 2 N–H and O–H groups in total. The lowest BCUT2D eigenvalue weighted by Crippen LogP contribution is -2.42. The predicted octanol–water partition coefficient (Wildman–Crippen LogP) is 3.65. The Balaban J connectivity index is 1.51. The Bertz CT molecular complexity index is 786. The number of fused-ring (bicyclic) bond motifs is 1. The second-order valence-corrected chi connectivity index (χ2v) is 6.54. The third kappa shape index (κ3) is 2.78. The van der Waals surface area contributed by atoms with Gasteiger partial charge in [0.25, 0.3) is 0 Å². The minimum atomic E-state index is -0.713. The van der Waals surface area contributed by atoms with E-state index in [2.05, 4.69) is 58.4 Å². The summed E-state index contributed by atoms with van der Waals surface area (Å²) in [5.41, 5.74) is 2.79. The van der Waals surface area contributed by atoms with Crippen molar-refractivity contribution >= 4 is 10.9 Å². The summed E-state index contributed by atoms with van der Waals surface area (Å²) in [6.45, 7) is 2.81. The summed E-state index contributed by atoms with van der Waals surface area (Å²) in [6.07, 6.45) is 3.51. The van der Waals surface area contributed by atoms with Gasteiger partial charge in [-0.05, 0) is 36.1 Å². The first-order chi connectivity index (χ1) is 11.2. The van der Waals surface area contributed by atoms with Crippen LogP contribution in [0.2, 0.25) is 0 Å². The van der Waals surface area contributed by atoms with Crippen molar-refractivity contribution in [2.24, 2.45) is 0 Å². The van der Waals surface area contributed by atoms with Crippen molar-refractivity contribution in [2.45, 2.75) is 25.0 Å². The van der Waals surface area contributed by atoms with Crippen LogP contribution in [0.3, 0.4) is 0 Å². The van der Waals surface area contributed by atoms with Gasteiger partial charge in [0.1, 0.15) is 0 Å². The number of rotatable bonds is 3. The molecule has 2 aromatic carbocycles. The molecule has 0 spiro atoms. The van der Waals surface area contributed by atoms with Gasteiger partial charge in [-0.1, -0.05) is 42.5 Å². The van der Waals surface area contributed by atoms with Gasteiger partial charge >= 0.3 is 0 Å². The number of hydrogen-bond donors (Lipinski definition) is 2. The average Bonchev–Trinajstić information content (AvgIpc) is 3.06. The average molecular weight is 306 g/mol. The van der Waals surface area contributed by atoms with Gasteiger partial charge in [-0.2, -0.15) is 0 Å². The number of H-pyrrole nitrogens is 1. The van der Waals surface area contributed by atoms with Crippen LogP contribution < -0.4 is 0 Å². The van der Waals surface area contributed by atoms with Crippen molar-refractivity contribution in [3.8, 4) is 0 Å². The minimum absolute atomic E-state index is 0.713. The largest absolute Gasteiger partial charge is 0.385 e. The van der Waals surface area contributed by atoms with E-state index in [-0.39, 0.29) is 0 Å². The Morgan fingerprint density at radius 3 is 2.52 bits per heavy atom. The van der Waals surface area contributed by atoms with Crippen LogP contribution in [0.15, 0.2) is 60.8 Å². The number of nitrogens with one attached hydrogen (secondary N) is 1. The summed E-state index contributed by atoms with van der Waals surface area (Å²) in [5.74, 6) is 0. The molecule has 3 nitrogen and oxygen atoms in total. The Morgan fingerprint density at radius 2 is 1.74 bits per heavy atom. The van der Waals surface area contributed by atoms with Gasteiger partial charge in [-0.3, -0.25) is 4.90 Å². The molecule has 0 radical (unpaired) electrons. The first kappa shape index (κ1) is 14.5. The van der Waals surface area contributed by atoms with E-state index in [0.717, 1.165) is 48.9 Å². The maximum atomic E-state index is 11.2. The molecule has 118 valence electrons. The summed E-state index contributed by atoms with van der Waals surface area (Å²) in [4.78, 5) is 5.67. The molecule has 0 amide bonds. The van der Waals surface area contributed by atoms with Crippen LogP contribution >= 0.6 is 0 Å². The molecule has 0 atom stereocenters. The van der Waals surface area contributed by atoms with Crippen molar-refractivity contribution in [1.82, 2.24) is 9.88 Å². The topological polar surface area (TPSA) is 39.3 Å². The second-order valence-electron chi connectivity index (χ2n) is 6.54. The lowest BCUT2D eigenvalue weighted by molar-refractivity contribution is -0.0265. The van der Waals surface area contributed by atoms with E-state index in [1.807, 2.05) is 12.3 Å². The van der Waals surface area contributed by atoms with E-state index in [1.54, 1.807) is 0 Å². The standard InChI is InChI=1S/C20H22N2O/c23-20(18-7-4-8-19-17(18)9-12-21-19)10-13-22(14-11-20)15-16-5-2-1-3-6-16/h1-9,12,21,23H,10-11,13-15H2. The van der Waals surface area contributed by atoms with E-state index in [9.17, 15) is 5.11 Å². The fourth-order valence-electron chi connectivity index (χ4n) is 3.68. The van der Waals surface area contributed by atoms with Crippen molar-refractivity contribution in [3.63, 3.8) is 0 Å². The fourth-order valence-corrected chi connectivity index (χ4v) is 3.68. The highest BCUT2D eigenvalue weighted by Gasteiger charge is 2.35. The molecule has 23 heavy (non-hydrogen) atoms. The maximum Gasteiger partial charge on any atom is 0.0927 e. The molecule has 1 aromatic heterocycles. The van der Waals surface area contributed by atoms with Gasteiger partial charge in [-0.15, -0.1) is 0 Å². The van der Waals surface area contributed by atoms with Crippen LogP contribution in [0.25, 0.3) is 10.9 Å². The van der Waals surface area contributed by atoms with E-state index >= 15 is 0 Å². The van der Waals surface area contributed by atoms with Gasteiger partial charge < -0.3 is 10.1 Å². The van der Waals surface area contributed by atoms with E-state index in [4.69, 9.17) is 0 Å². The van der Waals surface area contributed by atoms with E-state index < -0.39 is 5.60 Å². The summed E-state index contributed by atoms with van der Waals surface area (Å²) in [6, 6.07) is 18.8. The molecule has 1 saturated heterocycles. The molecule has 1 aliphatic rings. The normalized spacial score (nSPS) is 18.3. The first-order valence-corrected chi connectivity index (χ1v) is 8.30. The molecule has 2 heterocycles. The van der Waals surface area contributed by atoms with E-state index in [0.29, 0.717) is 0 Å². The Labute approximate surface area is 136 Å². The molecule has 4 rings (SSSR count). The molecule has 0 saturated carbocycles. The molecule has 0 aliphatic carbocycles. The summed E-state index contributed by atoms with van der Waals surface area (Å²) < 4.78 is 0. The second kappa shape index (κ2) is 5.84. The SMILES string of the molecule is OC1(c2cccc3[nH]ccc23)CCN(Cc2ccccc2)CC1. The monoisotopic (exact) mass is 306 g/mol. The third-order valence-electron chi connectivity index (χ3n) is 5.03. The number of aromatic amines is 1. The van der Waals surface area contributed by atoms with Gasteiger partial charge in [-0.25, -0.2) is 0 Å². The van der Waals surface area contributed by atoms with Crippen molar-refractivity contribution in [2.75, 3.05) is 13.1 Å². The molecule has 1 aliphatic heterocycles. The zero-order valence-electron chi connectivity index (χ0n) is 13.2. The molecule has 0 unspecified atom stereocenters. The fraction of sp³-hybridized carbons (Fsp3) is 0.300. The highest BCUT2D eigenvalue weighted by Crippen LogP contribution is 2.37. The first-order valence-electron chi connectivity index (χ1n) is 8.30. The molecule has 0 bridgehead atoms. The van der Waals surface area contributed by atoms with Crippen LogP contribution in [0.5, 0.6) is 0 Å². The number of hydrogen-bond acceptors (Lipinski definition) is 2. The molecule has 3 heteroatoms. The smallest absolute Gasteiger partial charge is 0.0927 e. The van der Waals surface area contributed by atoms with Crippen LogP contribution in [0.1, 0.15) is 24.0 Å². The van der Waals surface area contributed by atoms with Crippen molar-refractivity contribution < 1.29 is 5.11 Å². The number of benzene rings is 2. The van der Waals surface area contributed by atoms with Crippen LogP contribution in [-0.4, -0.2) is 28.1 Å². The lowest BCUT2D eigenvalue weighted by Gasteiger charge is -2.39. The van der Waals surface area contributed by atoms with Gasteiger partial charge in [0.05, 0.1) is 5.60 Å². The predicted molar refractivity (Wildman–Crippen MR) is 93.1 cm³/mol. The number of nitrogens with zero attached hydrogens (tertiary/aromatic N) is 1. The lowest BCUT2D eigenvalue weighted by atomic mass is 9.82. The zero-order chi connectivity index (χ0) is 15.7. The number of piperidine rings is 1. The Hall–Kier alpha value is -2.10. The molecular weight excluding hydrogens is 284 g/mol. The molecule has 3 aromatic rings. The molecule has 1 fully saturated rings. The maximum absolute atomic E-state index is 11.2. The van der Waals surface area contributed by atoms with Crippen LogP contribution in [0, 0.1) is 0 Å². The summed E-state index contributed by atoms with van der Waals surface area (Å²) >= 11 is 0. The van der Waals surface area contributed by atoms with Crippen molar-refractivity contribution in [3.05, 3.63) is 71.9 Å². The van der Waals surface area contributed by atoms with Gasteiger partial charge in [0.2, 0.25) is 0 Å². The van der Waals surface area contributed by atoms with Gasteiger partial charge in [0, 0.05) is 36.7 Å². The minimum Gasteiger partial charge on any atom is -0.385 e. The summed E-state index contributed by atoms with van der Waals surface area (Å²) in [7, 11) is 0. The number of likely N-dealkylation sites (tertiary alicyclic amines) is 1. The highest BCUT2D eigenvalue weighted by atomic mass is 16.3. The van der Waals surface area contributed by atoms with Crippen molar-refractivity contribution in [1.29, 1.82) is 0 Å². The van der Waals surface area contributed by atoms with Crippen LogP contribution in [0.4, 0.5) is 0 Å². The zero-order valence-corrected chi connectivity index (χ0v) is 13.2. The highest BCUT2D eigenvalue weighted by molar-refractivity contribution is 5.83. The Morgan fingerprint density at radius 1 is 0.957 bits per heavy atom. The molecular formula is C20H22N2O.